The molecule has 0 bridgehead atoms. The minimum absolute atomic E-state index is 0.0995. The number of aromatic amines is 2. The summed E-state index contributed by atoms with van der Waals surface area (Å²) in [4.78, 5) is 20.8. The number of hydrogen-bond donors (Lipinski definition) is 2. The van der Waals surface area contributed by atoms with E-state index in [-0.39, 0.29) is 23.7 Å². The number of ether oxygens (including phenoxy) is 1. The number of rotatable bonds is 3. The predicted octanol–water partition coefficient (Wildman–Crippen LogP) is 2.51. The number of nitrogens with zero attached hydrogens (tertiary/aromatic N) is 2. The molecule has 0 amide bonds. The zero-order chi connectivity index (χ0) is 20.0. The molecule has 9 heteroatoms. The van der Waals surface area contributed by atoms with Gasteiger partial charge in [0.25, 0.3) is 10.0 Å². The van der Waals surface area contributed by atoms with Crippen LogP contribution in [0.3, 0.4) is 0 Å². The highest BCUT2D eigenvalue weighted by atomic mass is 32.2. The lowest BCUT2D eigenvalue weighted by atomic mass is 10.1. The quantitative estimate of drug-likeness (QED) is 0.542. The smallest absolute Gasteiger partial charge is 0.323 e. The molecule has 3 heterocycles. The Morgan fingerprint density at radius 3 is 2.55 bits per heavy atom. The highest BCUT2D eigenvalue weighted by Gasteiger charge is 2.30. The topological polar surface area (TPSA) is 108 Å². The molecule has 0 unspecified atom stereocenters. The van der Waals surface area contributed by atoms with Gasteiger partial charge in [-0.15, -0.1) is 0 Å². The first-order chi connectivity index (χ1) is 14.0. The number of pyridine rings is 1. The molecule has 146 valence electrons. The summed E-state index contributed by atoms with van der Waals surface area (Å²) in [5.41, 5.74) is 2.88. The summed E-state index contributed by atoms with van der Waals surface area (Å²) in [5, 5.41) is 0. The van der Waals surface area contributed by atoms with Gasteiger partial charge in [0, 0.05) is 12.4 Å². The summed E-state index contributed by atoms with van der Waals surface area (Å²) in [7, 11) is -3.85. The summed E-state index contributed by atoms with van der Waals surface area (Å²) in [5.74, 6) is 0.508. The van der Waals surface area contributed by atoms with E-state index in [2.05, 4.69) is 15.0 Å². The molecular formula is C20H16N4O4S. The van der Waals surface area contributed by atoms with Crippen LogP contribution < -0.4 is 14.7 Å². The van der Waals surface area contributed by atoms with E-state index >= 15 is 0 Å². The molecule has 0 saturated heterocycles. The second kappa shape index (κ2) is 6.49. The lowest BCUT2D eigenvalue weighted by Gasteiger charge is -2.31. The van der Waals surface area contributed by atoms with Gasteiger partial charge in [-0.1, -0.05) is 6.07 Å². The van der Waals surface area contributed by atoms with Crippen molar-refractivity contribution in [2.45, 2.75) is 4.90 Å². The fourth-order valence-corrected chi connectivity index (χ4v) is 4.94. The van der Waals surface area contributed by atoms with Crippen LogP contribution in [0.15, 0.2) is 70.6 Å². The van der Waals surface area contributed by atoms with Gasteiger partial charge in [0.05, 0.1) is 28.2 Å². The van der Waals surface area contributed by atoms with Gasteiger partial charge in [-0.2, -0.15) is 0 Å². The minimum atomic E-state index is -3.85. The van der Waals surface area contributed by atoms with Crippen molar-refractivity contribution in [3.8, 4) is 16.9 Å². The molecule has 0 saturated carbocycles. The molecule has 2 N–H and O–H groups in total. The third kappa shape index (κ3) is 2.95. The number of fused-ring (bicyclic) bond motifs is 2. The maximum absolute atomic E-state index is 13.4. The van der Waals surface area contributed by atoms with Gasteiger partial charge < -0.3 is 14.7 Å². The second-order valence-corrected chi connectivity index (χ2v) is 8.49. The Kier molecular flexibility index (Phi) is 3.92. The van der Waals surface area contributed by atoms with E-state index in [1.54, 1.807) is 30.6 Å². The number of aromatic nitrogens is 3. The first kappa shape index (κ1) is 17.5. The zero-order valence-corrected chi connectivity index (χ0v) is 15.9. The van der Waals surface area contributed by atoms with E-state index in [9.17, 15) is 13.2 Å². The van der Waals surface area contributed by atoms with E-state index in [0.717, 1.165) is 11.1 Å². The first-order valence-corrected chi connectivity index (χ1v) is 10.4. The largest absolute Gasteiger partial charge is 0.489 e. The van der Waals surface area contributed by atoms with Crippen molar-refractivity contribution >= 4 is 26.7 Å². The Balaban J connectivity index is 1.62. The van der Waals surface area contributed by atoms with Crippen LogP contribution in [-0.4, -0.2) is 36.5 Å². The van der Waals surface area contributed by atoms with Gasteiger partial charge in [-0.3, -0.25) is 9.29 Å². The van der Waals surface area contributed by atoms with Gasteiger partial charge >= 0.3 is 5.69 Å². The van der Waals surface area contributed by atoms with E-state index in [1.807, 2.05) is 18.2 Å². The Labute approximate surface area is 165 Å². The van der Waals surface area contributed by atoms with Crippen molar-refractivity contribution < 1.29 is 13.2 Å². The number of H-pyrrole nitrogens is 2. The van der Waals surface area contributed by atoms with Crippen molar-refractivity contribution in [2.24, 2.45) is 0 Å². The van der Waals surface area contributed by atoms with Crippen LogP contribution in [0.25, 0.3) is 22.2 Å². The summed E-state index contributed by atoms with van der Waals surface area (Å²) >= 11 is 0. The Bertz CT molecular complexity index is 1380. The predicted molar refractivity (Wildman–Crippen MR) is 109 cm³/mol. The third-order valence-corrected chi connectivity index (χ3v) is 6.68. The maximum Gasteiger partial charge on any atom is 0.323 e. The molecule has 2 aromatic carbocycles. The molecular weight excluding hydrogens is 392 g/mol. The van der Waals surface area contributed by atoms with Crippen molar-refractivity contribution in [3.05, 3.63) is 71.4 Å². The van der Waals surface area contributed by atoms with E-state index in [4.69, 9.17) is 4.74 Å². The maximum atomic E-state index is 13.4. The van der Waals surface area contributed by atoms with Crippen LogP contribution in [0.5, 0.6) is 5.75 Å². The highest BCUT2D eigenvalue weighted by molar-refractivity contribution is 7.92. The average molecular weight is 408 g/mol. The summed E-state index contributed by atoms with van der Waals surface area (Å²) in [6, 6.07) is 13.7. The number of anilines is 1. The molecule has 0 spiro atoms. The van der Waals surface area contributed by atoms with Crippen LogP contribution in [0.2, 0.25) is 0 Å². The monoisotopic (exact) mass is 408 g/mol. The number of nitrogens with one attached hydrogen (secondary N) is 2. The van der Waals surface area contributed by atoms with Crippen molar-refractivity contribution in [1.29, 1.82) is 0 Å². The molecule has 0 atom stereocenters. The lowest BCUT2D eigenvalue weighted by Crippen LogP contribution is -2.37. The van der Waals surface area contributed by atoms with Gasteiger partial charge in [0.1, 0.15) is 12.4 Å². The van der Waals surface area contributed by atoms with E-state index in [1.165, 1.54) is 16.4 Å². The van der Waals surface area contributed by atoms with E-state index in [0.29, 0.717) is 22.5 Å². The van der Waals surface area contributed by atoms with Crippen LogP contribution in [0.4, 0.5) is 5.69 Å². The summed E-state index contributed by atoms with van der Waals surface area (Å²) in [6.07, 6.45) is 3.37. The van der Waals surface area contributed by atoms with Gasteiger partial charge in [0.15, 0.2) is 0 Å². The first-order valence-electron chi connectivity index (χ1n) is 8.94. The third-order valence-electron chi connectivity index (χ3n) is 4.87. The normalized spacial score (nSPS) is 13.9. The molecule has 0 fully saturated rings. The fraction of sp³-hybridized carbons (Fsp3) is 0.100. The number of benzene rings is 2. The Morgan fingerprint density at radius 1 is 0.931 bits per heavy atom. The minimum Gasteiger partial charge on any atom is -0.489 e. The standard InChI is InChI=1S/C20H16N4O4S/c25-20-22-16-3-2-15(12-17(16)23-20)29(26,27)24-9-10-28-19-4-1-14(11-18(19)24)13-5-7-21-8-6-13/h1-8,11-12H,9-10H2,(H2,22,23,25). The van der Waals surface area contributed by atoms with Crippen molar-refractivity contribution in [2.75, 3.05) is 17.5 Å². The van der Waals surface area contributed by atoms with Crippen LogP contribution in [0, 0.1) is 0 Å². The Morgan fingerprint density at radius 2 is 1.72 bits per heavy atom. The SMILES string of the molecule is O=c1[nH]c2ccc(S(=O)(=O)N3CCOc4ccc(-c5ccncc5)cc43)cc2[nH]1. The molecule has 29 heavy (non-hydrogen) atoms. The van der Waals surface area contributed by atoms with Gasteiger partial charge in [0.2, 0.25) is 0 Å². The van der Waals surface area contributed by atoms with Crippen LogP contribution in [0.1, 0.15) is 0 Å². The summed E-state index contributed by atoms with van der Waals surface area (Å²) in [6.45, 7) is 0.445. The van der Waals surface area contributed by atoms with Crippen LogP contribution >= 0.6 is 0 Å². The molecule has 1 aliphatic heterocycles. The fourth-order valence-electron chi connectivity index (χ4n) is 3.47. The van der Waals surface area contributed by atoms with E-state index < -0.39 is 10.0 Å². The van der Waals surface area contributed by atoms with Crippen LogP contribution in [-0.2, 0) is 10.0 Å². The molecule has 2 aromatic heterocycles. The van der Waals surface area contributed by atoms with Crippen molar-refractivity contribution in [1.82, 2.24) is 15.0 Å². The molecule has 4 aromatic rings. The number of sulfonamides is 1. The number of hydrogen-bond acceptors (Lipinski definition) is 5. The Hall–Kier alpha value is -3.59. The summed E-state index contributed by atoms with van der Waals surface area (Å²) < 4.78 is 33.8. The number of imidazole rings is 1. The van der Waals surface area contributed by atoms with Gasteiger partial charge in [-0.05, 0) is 53.6 Å². The highest BCUT2D eigenvalue weighted by Crippen LogP contribution is 2.38. The molecule has 1 aliphatic rings. The molecule has 5 rings (SSSR count). The zero-order valence-electron chi connectivity index (χ0n) is 15.1. The van der Waals surface area contributed by atoms with Gasteiger partial charge in [-0.25, -0.2) is 13.2 Å². The average Bonchev–Trinajstić information content (AvgIpc) is 3.12. The molecule has 0 aliphatic carbocycles. The second-order valence-electron chi connectivity index (χ2n) is 6.63. The lowest BCUT2D eigenvalue weighted by molar-refractivity contribution is 0.316. The molecule has 0 radical (unpaired) electrons. The molecule has 8 nitrogen and oxygen atoms in total. The van der Waals surface area contributed by atoms with Crippen molar-refractivity contribution in [3.63, 3.8) is 0 Å².